The van der Waals surface area contributed by atoms with E-state index in [9.17, 15) is 4.21 Å². The maximum atomic E-state index is 12.9. The van der Waals surface area contributed by atoms with Crippen LogP contribution in [0.1, 0.15) is 48.5 Å². The lowest BCUT2D eigenvalue weighted by molar-refractivity contribution is 0.293. The Balaban J connectivity index is 5.33. The van der Waals surface area contributed by atoms with Gasteiger partial charge in [0, 0.05) is 24.7 Å². The van der Waals surface area contributed by atoms with Crippen LogP contribution in [0.3, 0.4) is 0 Å². The number of hydrogen-bond donors (Lipinski definition) is 0. The van der Waals surface area contributed by atoms with Crippen molar-refractivity contribution in [1.29, 1.82) is 0 Å². The molecule has 0 heterocycles. The molecular weight excluding hydrogens is 440 g/mol. The van der Waals surface area contributed by atoms with Crippen molar-refractivity contribution in [2.45, 2.75) is 48.5 Å². The van der Waals surface area contributed by atoms with Gasteiger partial charge in [0.05, 0.1) is 12.9 Å². The second-order valence-electron chi connectivity index (χ2n) is 8.77. The Morgan fingerprint density at radius 3 is 1.62 bits per heavy atom. The molecule has 0 aromatic rings. The summed E-state index contributed by atoms with van der Waals surface area (Å²) in [7, 11) is -1.10. The fraction of sp³-hybridized carbons (Fsp3) is 0.300. The quantitative estimate of drug-likeness (QED) is 0.150. The monoisotopic (exact) mass is 482 g/mol. The summed E-state index contributed by atoms with van der Waals surface area (Å²) in [6.07, 6.45) is 14.6. The van der Waals surface area contributed by atoms with Crippen LogP contribution in [0.4, 0.5) is 0 Å². The molecule has 4 heteroatoms. The Morgan fingerprint density at radius 2 is 1.18 bits per heavy atom. The highest BCUT2D eigenvalue weighted by Gasteiger charge is 2.21. The molecule has 0 rings (SSSR count). The van der Waals surface area contributed by atoms with Crippen LogP contribution in [0.2, 0.25) is 0 Å². The molecule has 0 saturated heterocycles. The zero-order valence-corrected chi connectivity index (χ0v) is 23.1. The first-order valence-electron chi connectivity index (χ1n) is 10.9. The minimum Gasteiger partial charge on any atom is -0.501 e. The lowest BCUT2D eigenvalue weighted by atomic mass is 9.78. The number of ether oxygens (including phenoxy) is 2. The van der Waals surface area contributed by atoms with E-state index in [2.05, 4.69) is 66.0 Å². The Bertz CT molecular complexity index is 1100. The van der Waals surface area contributed by atoms with Crippen LogP contribution < -0.4 is 0 Å². The Kier molecular flexibility index (Phi) is 12.5. The Hall–Kier alpha value is -2.98. The number of allylic oxidation sites excluding steroid dienone is 13. The van der Waals surface area contributed by atoms with E-state index in [0.717, 1.165) is 11.3 Å². The van der Waals surface area contributed by atoms with Crippen LogP contribution in [0.25, 0.3) is 0 Å². The van der Waals surface area contributed by atoms with Gasteiger partial charge in [0.25, 0.3) is 0 Å². The van der Waals surface area contributed by atoms with Gasteiger partial charge in [0.2, 0.25) is 0 Å². The Morgan fingerprint density at radius 1 is 0.735 bits per heavy atom. The minimum absolute atomic E-state index is 0.134. The summed E-state index contributed by atoms with van der Waals surface area (Å²) in [6, 6.07) is 0. The highest BCUT2D eigenvalue weighted by Crippen LogP contribution is 2.34. The summed E-state index contributed by atoms with van der Waals surface area (Å²) in [5.74, 6) is 5.73. The number of methoxy groups -OCH3 is 1. The third-order valence-electron chi connectivity index (χ3n) is 5.58. The first kappa shape index (κ1) is 31.0. The van der Waals surface area contributed by atoms with Crippen molar-refractivity contribution in [2.75, 3.05) is 7.11 Å². The second-order valence-corrected chi connectivity index (χ2v) is 11.2. The standard InChI is InChI=1S/C30H42O3S/c1-22(2)14-20-28(8)34(13,31)29(9)21-19-27(7)33-26(6)18-16-24(4)30(10,11)23(3)15-17-25(5)32-12/h14-21H,1,7-9,13H2,2-6,10-12H3. The Labute approximate surface area is 208 Å². The number of hydrogen-bond acceptors (Lipinski definition) is 3. The fourth-order valence-corrected chi connectivity index (χ4v) is 3.28. The summed E-state index contributed by atoms with van der Waals surface area (Å²) >= 11 is 0. The van der Waals surface area contributed by atoms with Gasteiger partial charge in [-0.05, 0) is 70.9 Å². The molecular formula is C30H42O3S. The van der Waals surface area contributed by atoms with Crippen LogP contribution in [-0.4, -0.2) is 17.2 Å². The fourth-order valence-electron chi connectivity index (χ4n) is 2.36. The van der Waals surface area contributed by atoms with Crippen molar-refractivity contribution in [3.05, 3.63) is 119 Å². The highest BCUT2D eigenvalue weighted by molar-refractivity contribution is 8.07. The molecule has 0 fully saturated rings. The van der Waals surface area contributed by atoms with Gasteiger partial charge in [0.15, 0.2) is 0 Å². The van der Waals surface area contributed by atoms with Gasteiger partial charge in [-0.25, -0.2) is 0 Å². The normalized spacial score (nSPS) is 15.9. The molecule has 0 aliphatic carbocycles. The molecule has 0 aromatic carbocycles. The lowest BCUT2D eigenvalue weighted by Crippen LogP contribution is -2.14. The second kappa shape index (κ2) is 13.7. The summed E-state index contributed by atoms with van der Waals surface area (Å²) in [5, 5.41) is 0. The molecule has 0 aliphatic heterocycles. The predicted octanol–water partition coefficient (Wildman–Crippen LogP) is 8.32. The summed E-state index contributed by atoms with van der Waals surface area (Å²) in [5.41, 5.74) is 3.09. The number of rotatable bonds is 13. The van der Waals surface area contributed by atoms with Crippen LogP contribution in [0.15, 0.2) is 119 Å². The molecule has 0 aromatic heterocycles. The third-order valence-corrected chi connectivity index (χ3v) is 7.54. The van der Waals surface area contributed by atoms with E-state index in [0.29, 0.717) is 21.3 Å². The minimum atomic E-state index is -2.76. The van der Waals surface area contributed by atoms with Gasteiger partial charge in [-0.1, -0.05) is 75.1 Å². The van der Waals surface area contributed by atoms with Crippen molar-refractivity contribution < 1.29 is 13.7 Å². The van der Waals surface area contributed by atoms with Crippen molar-refractivity contribution >= 4 is 15.4 Å². The first-order valence-corrected chi connectivity index (χ1v) is 12.7. The van der Waals surface area contributed by atoms with Crippen LogP contribution >= 0.6 is 0 Å². The van der Waals surface area contributed by atoms with Crippen LogP contribution in [-0.2, 0) is 19.0 Å². The topological polar surface area (TPSA) is 35.5 Å². The van der Waals surface area contributed by atoms with Gasteiger partial charge < -0.3 is 9.47 Å². The van der Waals surface area contributed by atoms with Crippen LogP contribution in [0, 0.1) is 5.41 Å². The van der Waals surface area contributed by atoms with Gasteiger partial charge in [-0.15, -0.1) is 0 Å². The molecule has 186 valence electrons. The van der Waals surface area contributed by atoms with E-state index in [1.165, 1.54) is 11.1 Å². The summed E-state index contributed by atoms with van der Waals surface area (Å²) in [6.45, 7) is 29.6. The SMILES string of the molecule is C=C(C)C=CC(=C)S(=C)(=O)C(=C)C=CC(=C)OC(C)=CC=C(C)C(C)(C)C(C)=CC=C(C)OC. The van der Waals surface area contributed by atoms with Crippen molar-refractivity contribution in [1.82, 2.24) is 0 Å². The molecule has 0 spiro atoms. The molecule has 34 heavy (non-hydrogen) atoms. The zero-order valence-electron chi connectivity index (χ0n) is 22.3. The summed E-state index contributed by atoms with van der Waals surface area (Å²) in [4.78, 5) is 0.723. The van der Waals surface area contributed by atoms with Gasteiger partial charge in [0.1, 0.15) is 11.5 Å². The molecule has 1 unspecified atom stereocenters. The summed E-state index contributed by atoms with van der Waals surface area (Å²) < 4.78 is 23.9. The molecule has 0 radical (unpaired) electrons. The molecule has 0 saturated carbocycles. The largest absolute Gasteiger partial charge is 0.501 e. The molecule has 1 atom stereocenters. The average Bonchev–Trinajstić information content (AvgIpc) is 2.76. The maximum Gasteiger partial charge on any atom is 0.119 e. The zero-order chi connectivity index (χ0) is 26.7. The van der Waals surface area contributed by atoms with E-state index >= 15 is 0 Å². The average molecular weight is 483 g/mol. The van der Waals surface area contributed by atoms with Crippen LogP contribution in [0.5, 0.6) is 0 Å². The third kappa shape index (κ3) is 10.3. The molecule has 0 amide bonds. The predicted molar refractivity (Wildman–Crippen MR) is 153 cm³/mol. The van der Waals surface area contributed by atoms with Gasteiger partial charge in [-0.3, -0.25) is 4.21 Å². The van der Waals surface area contributed by atoms with E-state index in [-0.39, 0.29) is 5.41 Å². The van der Waals surface area contributed by atoms with E-state index in [1.54, 1.807) is 31.4 Å². The first-order chi connectivity index (χ1) is 15.5. The lowest BCUT2D eigenvalue weighted by Gasteiger charge is -2.27. The van der Waals surface area contributed by atoms with Crippen molar-refractivity contribution in [3.8, 4) is 0 Å². The maximum absolute atomic E-state index is 12.9. The van der Waals surface area contributed by atoms with Crippen molar-refractivity contribution in [2.24, 2.45) is 5.41 Å². The van der Waals surface area contributed by atoms with Gasteiger partial charge >= 0.3 is 0 Å². The molecule has 0 aliphatic rings. The van der Waals surface area contributed by atoms with Crippen molar-refractivity contribution in [3.63, 3.8) is 0 Å². The molecule has 0 bridgehead atoms. The van der Waals surface area contributed by atoms with E-state index < -0.39 is 9.52 Å². The smallest absolute Gasteiger partial charge is 0.119 e. The molecule has 0 N–H and O–H groups in total. The van der Waals surface area contributed by atoms with E-state index in [1.807, 2.05) is 39.0 Å². The van der Waals surface area contributed by atoms with E-state index in [4.69, 9.17) is 9.47 Å². The molecule has 3 nitrogen and oxygen atoms in total. The highest BCUT2D eigenvalue weighted by atomic mass is 32.2. The van der Waals surface area contributed by atoms with Gasteiger partial charge in [-0.2, -0.15) is 0 Å².